The van der Waals surface area contributed by atoms with Crippen LogP contribution in [0.3, 0.4) is 0 Å². The Morgan fingerprint density at radius 1 is 1.14 bits per heavy atom. The van der Waals surface area contributed by atoms with Gasteiger partial charge in [0.05, 0.1) is 16.0 Å². The lowest BCUT2D eigenvalue weighted by atomic mass is 10.3. The van der Waals surface area contributed by atoms with Crippen molar-refractivity contribution in [1.82, 2.24) is 9.66 Å². The van der Waals surface area contributed by atoms with Gasteiger partial charge in [0.15, 0.2) is 0 Å². The standard InChI is InChI=1S/C14H11N5O3/c20-14(16-11-6-2-4-8-13(11)19(21)22)17-18-9-15-10-5-1-3-7-12(10)18/h1-9H,(H2,16,17,20). The van der Waals surface area contributed by atoms with Crippen LogP contribution in [-0.4, -0.2) is 20.6 Å². The van der Waals surface area contributed by atoms with Crippen LogP contribution in [0.5, 0.6) is 0 Å². The fourth-order valence-electron chi connectivity index (χ4n) is 2.05. The third-order valence-corrected chi connectivity index (χ3v) is 3.02. The number of nitrogens with zero attached hydrogens (tertiary/aromatic N) is 3. The Balaban J connectivity index is 1.80. The third-order valence-electron chi connectivity index (χ3n) is 3.02. The van der Waals surface area contributed by atoms with Gasteiger partial charge in [-0.3, -0.25) is 10.1 Å². The molecule has 8 heteroatoms. The largest absolute Gasteiger partial charge is 0.338 e. The summed E-state index contributed by atoms with van der Waals surface area (Å²) in [5.41, 5.74) is 3.96. The van der Waals surface area contributed by atoms with Gasteiger partial charge in [-0.2, -0.15) is 0 Å². The quantitative estimate of drug-likeness (QED) is 0.573. The van der Waals surface area contributed by atoms with Gasteiger partial charge in [0.2, 0.25) is 0 Å². The number of benzene rings is 2. The molecule has 1 aromatic heterocycles. The highest BCUT2D eigenvalue weighted by Crippen LogP contribution is 2.23. The molecule has 0 saturated heterocycles. The summed E-state index contributed by atoms with van der Waals surface area (Å²) in [7, 11) is 0. The van der Waals surface area contributed by atoms with E-state index in [4.69, 9.17) is 0 Å². The predicted molar refractivity (Wildman–Crippen MR) is 81.2 cm³/mol. The zero-order chi connectivity index (χ0) is 15.5. The minimum Gasteiger partial charge on any atom is -0.301 e. The zero-order valence-corrected chi connectivity index (χ0v) is 11.3. The molecule has 0 aliphatic carbocycles. The Kier molecular flexibility index (Phi) is 3.40. The van der Waals surface area contributed by atoms with E-state index in [1.54, 1.807) is 12.1 Å². The number of fused-ring (bicyclic) bond motifs is 1. The minimum absolute atomic E-state index is 0.120. The molecule has 2 N–H and O–H groups in total. The molecule has 0 saturated carbocycles. The molecule has 3 aromatic rings. The number of hydrogen-bond donors (Lipinski definition) is 2. The highest BCUT2D eigenvalue weighted by atomic mass is 16.6. The molecule has 0 unspecified atom stereocenters. The van der Waals surface area contributed by atoms with Crippen LogP contribution in [0.25, 0.3) is 11.0 Å². The van der Waals surface area contributed by atoms with E-state index in [1.165, 1.54) is 29.2 Å². The summed E-state index contributed by atoms with van der Waals surface area (Å²) in [4.78, 5) is 26.5. The summed E-state index contributed by atoms with van der Waals surface area (Å²) >= 11 is 0. The second-order valence-electron chi connectivity index (χ2n) is 4.44. The Labute approximate surface area is 124 Å². The lowest BCUT2D eigenvalue weighted by Crippen LogP contribution is -2.27. The number of nitro groups is 1. The Bertz CT molecular complexity index is 858. The van der Waals surface area contributed by atoms with Crippen molar-refractivity contribution in [3.05, 3.63) is 65.0 Å². The van der Waals surface area contributed by atoms with Crippen LogP contribution in [-0.2, 0) is 0 Å². The maximum atomic E-state index is 12.0. The van der Waals surface area contributed by atoms with Crippen LogP contribution in [0.15, 0.2) is 54.9 Å². The van der Waals surface area contributed by atoms with E-state index in [2.05, 4.69) is 15.7 Å². The topological polar surface area (TPSA) is 102 Å². The Hall–Kier alpha value is -3.42. The van der Waals surface area contributed by atoms with Gasteiger partial charge < -0.3 is 5.32 Å². The average molecular weight is 297 g/mol. The lowest BCUT2D eigenvalue weighted by molar-refractivity contribution is -0.383. The Morgan fingerprint density at radius 2 is 1.86 bits per heavy atom. The predicted octanol–water partition coefficient (Wildman–Crippen LogP) is 2.72. The van der Waals surface area contributed by atoms with Gasteiger partial charge in [-0.1, -0.05) is 24.3 Å². The van der Waals surface area contributed by atoms with Gasteiger partial charge in [0.1, 0.15) is 12.0 Å². The number of amides is 2. The number of rotatable bonds is 3. The molecule has 2 amide bonds. The second-order valence-corrected chi connectivity index (χ2v) is 4.44. The molecule has 22 heavy (non-hydrogen) atoms. The van der Waals surface area contributed by atoms with Gasteiger partial charge >= 0.3 is 6.03 Å². The van der Waals surface area contributed by atoms with Crippen LogP contribution in [0.2, 0.25) is 0 Å². The van der Waals surface area contributed by atoms with Crippen molar-refractivity contribution in [2.24, 2.45) is 0 Å². The van der Waals surface area contributed by atoms with Gasteiger partial charge in [0, 0.05) is 6.07 Å². The molecule has 0 aliphatic rings. The number of nitrogens with one attached hydrogen (secondary N) is 2. The zero-order valence-electron chi connectivity index (χ0n) is 11.3. The maximum Gasteiger partial charge on any atom is 0.338 e. The van der Waals surface area contributed by atoms with Crippen LogP contribution in [0, 0.1) is 10.1 Å². The van der Waals surface area contributed by atoms with Crippen LogP contribution < -0.4 is 10.7 Å². The second kappa shape index (κ2) is 5.52. The number of para-hydroxylation sites is 4. The summed E-state index contributed by atoms with van der Waals surface area (Å²) in [5.74, 6) is 0. The van der Waals surface area contributed by atoms with Gasteiger partial charge in [-0.15, -0.1) is 0 Å². The van der Waals surface area contributed by atoms with Crippen LogP contribution in [0.1, 0.15) is 0 Å². The van der Waals surface area contributed by atoms with Crippen molar-refractivity contribution < 1.29 is 9.72 Å². The fourth-order valence-corrected chi connectivity index (χ4v) is 2.05. The van der Waals surface area contributed by atoms with E-state index in [0.717, 1.165) is 11.0 Å². The third kappa shape index (κ3) is 2.57. The molecule has 0 bridgehead atoms. The van der Waals surface area contributed by atoms with Crippen molar-refractivity contribution in [3.63, 3.8) is 0 Å². The summed E-state index contributed by atoms with van der Waals surface area (Å²) in [6.07, 6.45) is 1.46. The van der Waals surface area contributed by atoms with Crippen LogP contribution >= 0.6 is 0 Å². The van der Waals surface area contributed by atoms with Gasteiger partial charge in [-0.25, -0.2) is 19.9 Å². The summed E-state index contributed by atoms with van der Waals surface area (Å²) in [6, 6.07) is 12.6. The number of hydrogen-bond acceptors (Lipinski definition) is 4. The number of anilines is 1. The average Bonchev–Trinajstić information content (AvgIpc) is 2.91. The number of imidazole rings is 1. The number of carbonyl (C=O) groups is 1. The molecular formula is C14H11N5O3. The molecule has 3 rings (SSSR count). The van der Waals surface area contributed by atoms with E-state index < -0.39 is 11.0 Å². The first-order valence-corrected chi connectivity index (χ1v) is 6.38. The summed E-state index contributed by atoms with van der Waals surface area (Å²) < 4.78 is 1.44. The molecule has 0 radical (unpaired) electrons. The monoisotopic (exact) mass is 297 g/mol. The van der Waals surface area contributed by atoms with Crippen molar-refractivity contribution in [2.75, 3.05) is 10.7 Å². The number of urea groups is 1. The highest BCUT2D eigenvalue weighted by Gasteiger charge is 2.15. The normalized spacial score (nSPS) is 10.4. The van der Waals surface area contributed by atoms with E-state index in [0.29, 0.717) is 0 Å². The van der Waals surface area contributed by atoms with E-state index in [9.17, 15) is 14.9 Å². The SMILES string of the molecule is O=C(Nc1ccccc1[N+](=O)[O-])Nn1cnc2ccccc21. The highest BCUT2D eigenvalue weighted by molar-refractivity contribution is 5.97. The molecule has 0 atom stereocenters. The molecule has 110 valence electrons. The summed E-state index contributed by atoms with van der Waals surface area (Å²) in [6.45, 7) is 0. The fraction of sp³-hybridized carbons (Fsp3) is 0. The first kappa shape index (κ1) is 13.6. The smallest absolute Gasteiger partial charge is 0.301 e. The van der Waals surface area contributed by atoms with Crippen LogP contribution in [0.4, 0.5) is 16.2 Å². The lowest BCUT2D eigenvalue weighted by Gasteiger charge is -2.09. The molecule has 8 nitrogen and oxygen atoms in total. The van der Waals surface area contributed by atoms with E-state index >= 15 is 0 Å². The summed E-state index contributed by atoms with van der Waals surface area (Å²) in [5, 5.41) is 13.4. The molecule has 0 fully saturated rings. The van der Waals surface area contributed by atoms with E-state index in [1.807, 2.05) is 18.2 Å². The van der Waals surface area contributed by atoms with Gasteiger partial charge in [-0.05, 0) is 18.2 Å². The molecular weight excluding hydrogens is 286 g/mol. The van der Waals surface area contributed by atoms with Crippen molar-refractivity contribution in [2.45, 2.75) is 0 Å². The molecule has 2 aromatic carbocycles. The van der Waals surface area contributed by atoms with Crippen molar-refractivity contribution in [1.29, 1.82) is 0 Å². The molecule has 0 spiro atoms. The minimum atomic E-state index is -0.600. The number of carbonyl (C=O) groups excluding carboxylic acids is 1. The first-order valence-electron chi connectivity index (χ1n) is 6.38. The van der Waals surface area contributed by atoms with Crippen molar-refractivity contribution in [3.8, 4) is 0 Å². The first-order chi connectivity index (χ1) is 10.6. The molecule has 0 aliphatic heterocycles. The number of nitro benzene ring substituents is 1. The van der Waals surface area contributed by atoms with Gasteiger partial charge in [0.25, 0.3) is 5.69 Å². The molecule has 1 heterocycles. The number of aromatic nitrogens is 2. The Morgan fingerprint density at radius 3 is 2.68 bits per heavy atom. The van der Waals surface area contributed by atoms with Crippen molar-refractivity contribution >= 4 is 28.4 Å². The maximum absolute atomic E-state index is 12.0. The van der Waals surface area contributed by atoms with E-state index in [-0.39, 0.29) is 11.4 Å².